The highest BCUT2D eigenvalue weighted by atomic mass is 16.3. The van der Waals surface area contributed by atoms with Crippen LogP contribution in [0.5, 0.6) is 0 Å². The molecule has 0 spiro atoms. The van der Waals surface area contributed by atoms with Gasteiger partial charge < -0.3 is 15.7 Å². The van der Waals surface area contributed by atoms with Crippen LogP contribution in [0.25, 0.3) is 0 Å². The Balaban J connectivity index is 2.12. The molecule has 0 aromatic carbocycles. The lowest BCUT2D eigenvalue weighted by molar-refractivity contribution is -0.129. The average molecular weight is 394 g/mol. The van der Waals surface area contributed by atoms with Crippen LogP contribution in [0.2, 0.25) is 0 Å². The highest BCUT2D eigenvalue weighted by Gasteiger charge is 2.41. The molecule has 2 fully saturated rings. The average Bonchev–Trinajstić information content (AvgIpc) is 2.73. The van der Waals surface area contributed by atoms with Crippen LogP contribution >= 0.6 is 0 Å². The quantitative estimate of drug-likeness (QED) is 0.290. The third-order valence-corrected chi connectivity index (χ3v) is 7.04. The van der Waals surface area contributed by atoms with Gasteiger partial charge in [-0.1, -0.05) is 77.6 Å². The van der Waals surface area contributed by atoms with Crippen molar-refractivity contribution in [1.29, 1.82) is 5.41 Å². The molecule has 2 aliphatic rings. The monoisotopic (exact) mass is 393 g/mol. The fourth-order valence-electron chi connectivity index (χ4n) is 5.33. The molecule has 1 amide bonds. The Labute approximate surface area is 171 Å². The van der Waals surface area contributed by atoms with Gasteiger partial charge in [0.05, 0.1) is 19.0 Å². The molecule has 2 saturated carbocycles. The van der Waals surface area contributed by atoms with Crippen LogP contribution in [0.15, 0.2) is 0 Å². The summed E-state index contributed by atoms with van der Waals surface area (Å²) in [6.07, 6.45) is 18.3. The van der Waals surface area contributed by atoms with Crippen LogP contribution in [0, 0.1) is 17.2 Å². The number of hydrogen-bond acceptors (Lipinski definition) is 3. The van der Waals surface area contributed by atoms with E-state index < -0.39 is 5.54 Å². The molecule has 0 aliphatic heterocycles. The first-order valence-electron chi connectivity index (χ1n) is 11.8. The molecule has 162 valence electrons. The van der Waals surface area contributed by atoms with Crippen LogP contribution in [0.4, 0.5) is 0 Å². The van der Waals surface area contributed by atoms with Gasteiger partial charge in [0.2, 0.25) is 5.91 Å². The summed E-state index contributed by atoms with van der Waals surface area (Å²) < 4.78 is 0. The minimum atomic E-state index is -0.706. The van der Waals surface area contributed by atoms with Crippen molar-refractivity contribution in [1.82, 2.24) is 10.6 Å². The van der Waals surface area contributed by atoms with Crippen molar-refractivity contribution in [3.63, 3.8) is 0 Å². The molecule has 2 atom stereocenters. The van der Waals surface area contributed by atoms with Crippen LogP contribution in [-0.2, 0) is 4.79 Å². The van der Waals surface area contributed by atoms with E-state index in [4.69, 9.17) is 5.41 Å². The van der Waals surface area contributed by atoms with Crippen LogP contribution in [-0.4, -0.2) is 35.5 Å². The van der Waals surface area contributed by atoms with Gasteiger partial charge in [-0.05, 0) is 37.5 Å². The third kappa shape index (κ3) is 7.06. The van der Waals surface area contributed by atoms with Gasteiger partial charge in [-0.3, -0.25) is 10.2 Å². The summed E-state index contributed by atoms with van der Waals surface area (Å²) >= 11 is 0. The number of hydrogen-bond donors (Lipinski definition) is 4. The third-order valence-electron chi connectivity index (χ3n) is 7.04. The molecular weight excluding hydrogens is 350 g/mol. The summed E-state index contributed by atoms with van der Waals surface area (Å²) in [6.45, 7) is 2.05. The Morgan fingerprint density at radius 3 is 2.25 bits per heavy atom. The lowest BCUT2D eigenvalue weighted by Gasteiger charge is -2.39. The second-order valence-corrected chi connectivity index (χ2v) is 9.26. The molecule has 0 heterocycles. The highest BCUT2D eigenvalue weighted by Crippen LogP contribution is 2.36. The molecule has 28 heavy (non-hydrogen) atoms. The number of carbonyl (C=O) groups excluding carboxylic acids is 1. The fourth-order valence-corrected chi connectivity index (χ4v) is 5.33. The lowest BCUT2D eigenvalue weighted by Crippen LogP contribution is -2.60. The Kier molecular flexibility index (Phi) is 10.3. The predicted molar refractivity (Wildman–Crippen MR) is 116 cm³/mol. The summed E-state index contributed by atoms with van der Waals surface area (Å²) in [6, 6.07) is -0.189. The summed E-state index contributed by atoms with van der Waals surface area (Å²) in [4.78, 5) is 13.5. The van der Waals surface area contributed by atoms with E-state index in [-0.39, 0.29) is 18.6 Å². The number of aliphatic hydroxyl groups is 1. The maximum Gasteiger partial charge on any atom is 0.246 e. The second kappa shape index (κ2) is 12.5. The standard InChI is InChI=1S/C23H43N3O2/c1-2-9-21(17-27)26-22(28)23(25-18-24,16-20-12-7-4-8-13-20)15-14-19-10-5-3-6-11-19/h18-21,27H,2-17H2,1H3,(H2,24,25)(H,26,28)/t21?,23-/m1/s1. The normalized spacial score (nSPS) is 22.2. The molecular formula is C23H43N3O2. The van der Waals surface area contributed by atoms with E-state index in [1.165, 1.54) is 70.5 Å². The van der Waals surface area contributed by atoms with E-state index in [1.54, 1.807) is 0 Å². The molecule has 5 nitrogen and oxygen atoms in total. The number of amides is 1. The van der Waals surface area contributed by atoms with Gasteiger partial charge in [0.15, 0.2) is 0 Å². The van der Waals surface area contributed by atoms with Crippen molar-refractivity contribution < 1.29 is 9.90 Å². The number of aliphatic hydroxyl groups excluding tert-OH is 1. The van der Waals surface area contributed by atoms with E-state index >= 15 is 0 Å². The zero-order valence-corrected chi connectivity index (χ0v) is 18.0. The van der Waals surface area contributed by atoms with Crippen molar-refractivity contribution in [3.8, 4) is 0 Å². The van der Waals surface area contributed by atoms with Gasteiger partial charge in [-0.25, -0.2) is 0 Å². The molecule has 4 N–H and O–H groups in total. The number of carbonyl (C=O) groups is 1. The molecule has 0 aromatic heterocycles. The topological polar surface area (TPSA) is 85.2 Å². The van der Waals surface area contributed by atoms with Crippen molar-refractivity contribution in [3.05, 3.63) is 0 Å². The fraction of sp³-hybridized carbons (Fsp3) is 0.913. The van der Waals surface area contributed by atoms with Gasteiger partial charge >= 0.3 is 0 Å². The minimum absolute atomic E-state index is 0.00937. The van der Waals surface area contributed by atoms with Crippen molar-refractivity contribution >= 4 is 12.2 Å². The van der Waals surface area contributed by atoms with Gasteiger partial charge in [0.25, 0.3) is 0 Å². The smallest absolute Gasteiger partial charge is 0.246 e. The van der Waals surface area contributed by atoms with Crippen molar-refractivity contribution in [2.45, 2.75) is 115 Å². The first-order chi connectivity index (χ1) is 13.6. The van der Waals surface area contributed by atoms with Gasteiger partial charge in [-0.15, -0.1) is 0 Å². The first kappa shape index (κ1) is 23.2. The molecule has 5 heteroatoms. The maximum absolute atomic E-state index is 13.5. The summed E-state index contributed by atoms with van der Waals surface area (Å²) in [5.74, 6) is 1.26. The van der Waals surface area contributed by atoms with E-state index in [1.807, 2.05) is 0 Å². The van der Waals surface area contributed by atoms with Gasteiger partial charge in [-0.2, -0.15) is 0 Å². The summed E-state index contributed by atoms with van der Waals surface area (Å²) in [5.41, 5.74) is -0.706. The van der Waals surface area contributed by atoms with Gasteiger partial charge in [0.1, 0.15) is 5.54 Å². The zero-order chi connectivity index (χ0) is 20.2. The molecule has 2 aliphatic carbocycles. The van der Waals surface area contributed by atoms with Crippen LogP contribution in [0.1, 0.15) is 103 Å². The van der Waals surface area contributed by atoms with E-state index in [9.17, 15) is 9.90 Å². The van der Waals surface area contributed by atoms with Crippen molar-refractivity contribution in [2.24, 2.45) is 11.8 Å². The number of rotatable bonds is 12. The van der Waals surface area contributed by atoms with Crippen LogP contribution in [0.3, 0.4) is 0 Å². The molecule has 0 saturated heterocycles. The Bertz CT molecular complexity index is 459. The largest absolute Gasteiger partial charge is 0.394 e. The maximum atomic E-state index is 13.5. The second-order valence-electron chi connectivity index (χ2n) is 9.26. The molecule has 0 radical (unpaired) electrons. The van der Waals surface area contributed by atoms with Gasteiger partial charge in [0, 0.05) is 0 Å². The van der Waals surface area contributed by atoms with Crippen LogP contribution < -0.4 is 10.6 Å². The highest BCUT2D eigenvalue weighted by molar-refractivity contribution is 5.88. The van der Waals surface area contributed by atoms with E-state index in [2.05, 4.69) is 17.6 Å². The molecule has 1 unspecified atom stereocenters. The lowest BCUT2D eigenvalue weighted by atomic mass is 9.74. The summed E-state index contributed by atoms with van der Waals surface area (Å²) in [7, 11) is 0. The zero-order valence-electron chi connectivity index (χ0n) is 18.0. The number of nitrogens with one attached hydrogen (secondary N) is 3. The first-order valence-corrected chi connectivity index (χ1v) is 11.8. The Hall–Kier alpha value is -1.10. The molecule has 0 aromatic rings. The van der Waals surface area contributed by atoms with Crippen molar-refractivity contribution in [2.75, 3.05) is 6.61 Å². The van der Waals surface area contributed by atoms with E-state index in [0.717, 1.165) is 32.1 Å². The summed E-state index contributed by atoms with van der Waals surface area (Å²) in [5, 5.41) is 23.7. The molecule has 0 bridgehead atoms. The Morgan fingerprint density at radius 1 is 1.11 bits per heavy atom. The van der Waals surface area contributed by atoms with E-state index in [0.29, 0.717) is 11.8 Å². The minimum Gasteiger partial charge on any atom is -0.394 e. The SMILES string of the molecule is CCCC(CO)NC(=O)[C@@](CCC1CCCCC1)(CC1CCCCC1)NC=N. The Morgan fingerprint density at radius 2 is 1.71 bits per heavy atom. The molecule has 2 rings (SSSR count). The predicted octanol–water partition coefficient (Wildman–Crippen LogP) is 4.53.